The second-order valence-corrected chi connectivity index (χ2v) is 4.66. The van der Waals surface area contributed by atoms with Crippen LogP contribution in [0.3, 0.4) is 0 Å². The van der Waals surface area contributed by atoms with E-state index in [-0.39, 0.29) is 24.2 Å². The Kier molecular flexibility index (Phi) is 4.17. The average Bonchev–Trinajstić information content (AvgIpc) is 2.85. The molecule has 7 heteroatoms. The first-order valence-corrected chi connectivity index (χ1v) is 6.15. The number of amides is 1. The van der Waals surface area contributed by atoms with E-state index in [0.717, 1.165) is 18.6 Å². The molecule has 1 saturated heterocycles. The van der Waals surface area contributed by atoms with Crippen LogP contribution < -0.4 is 4.74 Å². The van der Waals surface area contributed by atoms with E-state index in [1.54, 1.807) is 4.90 Å². The number of aliphatic hydroxyl groups is 1. The highest BCUT2D eigenvalue weighted by Crippen LogP contribution is 2.24. The fraction of sp³-hybridized carbons (Fsp3) is 0.462. The zero-order chi connectivity index (χ0) is 14.8. The molecule has 110 valence electrons. The number of nitrogens with zero attached hydrogens (tertiary/aromatic N) is 1. The topological polar surface area (TPSA) is 49.8 Å². The van der Waals surface area contributed by atoms with Crippen molar-refractivity contribution in [1.82, 2.24) is 4.90 Å². The molecule has 0 saturated carbocycles. The van der Waals surface area contributed by atoms with Crippen LogP contribution in [-0.2, 0) is 0 Å². The second-order valence-electron chi connectivity index (χ2n) is 4.66. The molecule has 0 spiro atoms. The number of benzene rings is 1. The van der Waals surface area contributed by atoms with Crippen LogP contribution in [0.1, 0.15) is 16.8 Å². The summed E-state index contributed by atoms with van der Waals surface area (Å²) in [5.74, 6) is -0.532. The molecule has 1 N–H and O–H groups in total. The molecule has 1 aliphatic rings. The van der Waals surface area contributed by atoms with E-state index in [1.807, 2.05) is 0 Å². The van der Waals surface area contributed by atoms with Gasteiger partial charge in [0.1, 0.15) is 5.75 Å². The zero-order valence-corrected chi connectivity index (χ0v) is 10.6. The van der Waals surface area contributed by atoms with Gasteiger partial charge in [0.05, 0.1) is 0 Å². The predicted molar refractivity (Wildman–Crippen MR) is 64.2 cm³/mol. The number of carbonyl (C=O) groups excluding carboxylic acids is 1. The summed E-state index contributed by atoms with van der Waals surface area (Å²) in [5, 5.41) is 9.02. The lowest BCUT2D eigenvalue weighted by Gasteiger charge is -2.16. The van der Waals surface area contributed by atoms with Gasteiger partial charge in [-0.25, -0.2) is 0 Å². The monoisotopic (exact) mass is 289 g/mol. The van der Waals surface area contributed by atoms with Crippen LogP contribution in [0.4, 0.5) is 13.2 Å². The Bertz CT molecular complexity index is 473. The fourth-order valence-electron chi connectivity index (χ4n) is 2.15. The molecule has 1 amide bonds. The van der Waals surface area contributed by atoms with Gasteiger partial charge in [-0.15, -0.1) is 13.2 Å². The van der Waals surface area contributed by atoms with E-state index in [9.17, 15) is 18.0 Å². The molecular weight excluding hydrogens is 275 g/mol. The Hall–Kier alpha value is -1.76. The summed E-state index contributed by atoms with van der Waals surface area (Å²) >= 11 is 0. The van der Waals surface area contributed by atoms with Gasteiger partial charge in [0.25, 0.3) is 5.91 Å². The maximum absolute atomic E-state index is 12.1. The van der Waals surface area contributed by atoms with Crippen LogP contribution in [0.15, 0.2) is 24.3 Å². The van der Waals surface area contributed by atoms with Gasteiger partial charge in [-0.3, -0.25) is 4.79 Å². The molecule has 1 unspecified atom stereocenters. The number of alkyl halides is 3. The molecule has 4 nitrogen and oxygen atoms in total. The normalized spacial score (nSPS) is 19.2. The molecular formula is C13H14F3NO3. The van der Waals surface area contributed by atoms with Crippen molar-refractivity contribution in [3.05, 3.63) is 29.8 Å². The third-order valence-corrected chi connectivity index (χ3v) is 3.17. The van der Waals surface area contributed by atoms with Crippen LogP contribution in [0.5, 0.6) is 5.75 Å². The average molecular weight is 289 g/mol. The van der Waals surface area contributed by atoms with Crippen LogP contribution in [0.25, 0.3) is 0 Å². The minimum atomic E-state index is -4.74. The number of carbonyl (C=O) groups is 1. The zero-order valence-electron chi connectivity index (χ0n) is 10.6. The summed E-state index contributed by atoms with van der Waals surface area (Å²) in [5.41, 5.74) is 0.304. The number of halogens is 3. The van der Waals surface area contributed by atoms with Crippen LogP contribution >= 0.6 is 0 Å². The molecule has 1 aromatic rings. The molecule has 1 aliphatic heterocycles. The van der Waals surface area contributed by atoms with E-state index in [2.05, 4.69) is 4.74 Å². The first kappa shape index (κ1) is 14.6. The van der Waals surface area contributed by atoms with E-state index in [1.165, 1.54) is 12.1 Å². The molecule has 1 aromatic carbocycles. The standard InChI is InChI=1S/C13H14F3NO3/c14-13(15,16)20-11-3-1-10(2-4-11)12(19)17-6-5-9(7-17)8-18/h1-4,9,18H,5-8H2. The SMILES string of the molecule is O=C(c1ccc(OC(F)(F)F)cc1)N1CCC(CO)C1. The number of hydrogen-bond acceptors (Lipinski definition) is 3. The third-order valence-electron chi connectivity index (χ3n) is 3.17. The van der Waals surface area contributed by atoms with Gasteiger partial charge in [0.15, 0.2) is 0 Å². The summed E-state index contributed by atoms with van der Waals surface area (Å²) < 4.78 is 39.8. The van der Waals surface area contributed by atoms with Gasteiger partial charge in [-0.05, 0) is 30.7 Å². The quantitative estimate of drug-likeness (QED) is 0.926. The molecule has 1 atom stereocenters. The first-order chi connectivity index (χ1) is 9.39. The van der Waals surface area contributed by atoms with Crippen molar-refractivity contribution in [2.45, 2.75) is 12.8 Å². The molecule has 2 rings (SSSR count). The van der Waals surface area contributed by atoms with Crippen LogP contribution in [0, 0.1) is 5.92 Å². The third kappa shape index (κ3) is 3.63. The van der Waals surface area contributed by atoms with Crippen LogP contribution in [-0.4, -0.2) is 42.0 Å². The molecule has 1 heterocycles. The van der Waals surface area contributed by atoms with Crippen molar-refractivity contribution in [1.29, 1.82) is 0 Å². The van der Waals surface area contributed by atoms with E-state index >= 15 is 0 Å². The summed E-state index contributed by atoms with van der Waals surface area (Å²) in [6.07, 6.45) is -4.01. The first-order valence-electron chi connectivity index (χ1n) is 6.15. The maximum Gasteiger partial charge on any atom is 0.573 e. The van der Waals surface area contributed by atoms with Crippen LogP contribution in [0.2, 0.25) is 0 Å². The summed E-state index contributed by atoms with van der Waals surface area (Å²) in [4.78, 5) is 13.7. The van der Waals surface area contributed by atoms with E-state index in [4.69, 9.17) is 5.11 Å². The van der Waals surface area contributed by atoms with Crippen molar-refractivity contribution < 1.29 is 27.8 Å². The molecule has 0 radical (unpaired) electrons. The minimum Gasteiger partial charge on any atom is -0.406 e. The minimum absolute atomic E-state index is 0.0299. The highest BCUT2D eigenvalue weighted by atomic mass is 19.4. The number of rotatable bonds is 3. The van der Waals surface area contributed by atoms with Gasteiger partial charge in [-0.1, -0.05) is 0 Å². The largest absolute Gasteiger partial charge is 0.573 e. The van der Waals surface area contributed by atoms with Crippen molar-refractivity contribution in [2.24, 2.45) is 5.92 Å². The van der Waals surface area contributed by atoms with Gasteiger partial charge in [0, 0.05) is 31.2 Å². The van der Waals surface area contributed by atoms with Crippen molar-refractivity contribution >= 4 is 5.91 Å². The highest BCUT2D eigenvalue weighted by molar-refractivity contribution is 5.94. The Morgan fingerprint density at radius 1 is 1.35 bits per heavy atom. The smallest absolute Gasteiger partial charge is 0.406 e. The number of likely N-dealkylation sites (tertiary alicyclic amines) is 1. The second kappa shape index (κ2) is 5.70. The maximum atomic E-state index is 12.1. The van der Waals surface area contributed by atoms with Crippen molar-refractivity contribution in [3.63, 3.8) is 0 Å². The lowest BCUT2D eigenvalue weighted by atomic mass is 10.1. The van der Waals surface area contributed by atoms with Crippen molar-refractivity contribution in [2.75, 3.05) is 19.7 Å². The van der Waals surface area contributed by atoms with Gasteiger partial charge in [-0.2, -0.15) is 0 Å². The molecule has 1 fully saturated rings. The summed E-state index contributed by atoms with van der Waals surface area (Å²) in [6.45, 7) is 1.04. The Morgan fingerprint density at radius 3 is 2.50 bits per heavy atom. The Balaban J connectivity index is 2.01. The fourth-order valence-corrected chi connectivity index (χ4v) is 2.15. The number of hydrogen-bond donors (Lipinski definition) is 1. The van der Waals surface area contributed by atoms with E-state index in [0.29, 0.717) is 18.7 Å². The predicted octanol–water partition coefficient (Wildman–Crippen LogP) is 2.04. The molecule has 0 bridgehead atoms. The molecule has 0 aliphatic carbocycles. The lowest BCUT2D eigenvalue weighted by Crippen LogP contribution is -2.29. The Morgan fingerprint density at radius 2 is 2.00 bits per heavy atom. The Labute approximate surface area is 113 Å². The van der Waals surface area contributed by atoms with Gasteiger partial charge >= 0.3 is 6.36 Å². The number of ether oxygens (including phenoxy) is 1. The van der Waals surface area contributed by atoms with Gasteiger partial charge < -0.3 is 14.7 Å². The highest BCUT2D eigenvalue weighted by Gasteiger charge is 2.31. The van der Waals surface area contributed by atoms with E-state index < -0.39 is 6.36 Å². The number of aliphatic hydroxyl groups excluding tert-OH is 1. The summed E-state index contributed by atoms with van der Waals surface area (Å²) in [6, 6.07) is 4.83. The molecule has 20 heavy (non-hydrogen) atoms. The lowest BCUT2D eigenvalue weighted by molar-refractivity contribution is -0.274. The van der Waals surface area contributed by atoms with Crippen molar-refractivity contribution in [3.8, 4) is 5.75 Å². The molecule has 0 aromatic heterocycles. The van der Waals surface area contributed by atoms with Gasteiger partial charge in [0.2, 0.25) is 0 Å². The summed E-state index contributed by atoms with van der Waals surface area (Å²) in [7, 11) is 0.